The standard InChI is InChI=1S/C12H13F3INO/c13-9-5-4-8(10(14)11(9)15)12(18)17-7-3-1-2-6-16/h4-5H,1-3,6-7H2,(H,17,18). The number of carbonyl (C=O) groups excluding carboxylic acids is 1. The highest BCUT2D eigenvalue weighted by Crippen LogP contribution is 2.14. The van der Waals surface area contributed by atoms with E-state index in [0.717, 1.165) is 35.8 Å². The minimum absolute atomic E-state index is 0.397. The maximum absolute atomic E-state index is 13.3. The van der Waals surface area contributed by atoms with E-state index in [2.05, 4.69) is 27.9 Å². The summed E-state index contributed by atoms with van der Waals surface area (Å²) in [7, 11) is 0. The number of amides is 1. The zero-order valence-electron chi connectivity index (χ0n) is 9.61. The summed E-state index contributed by atoms with van der Waals surface area (Å²) >= 11 is 2.26. The van der Waals surface area contributed by atoms with Crippen LogP contribution in [0.4, 0.5) is 13.2 Å². The second-order valence-electron chi connectivity index (χ2n) is 3.73. The van der Waals surface area contributed by atoms with E-state index in [4.69, 9.17) is 0 Å². The zero-order valence-corrected chi connectivity index (χ0v) is 11.8. The summed E-state index contributed by atoms with van der Waals surface area (Å²) in [5.41, 5.74) is -0.470. The summed E-state index contributed by atoms with van der Waals surface area (Å²) in [4.78, 5) is 11.5. The molecule has 6 heteroatoms. The average Bonchev–Trinajstić information content (AvgIpc) is 2.35. The van der Waals surface area contributed by atoms with Crippen LogP contribution in [0.5, 0.6) is 0 Å². The number of alkyl halides is 1. The van der Waals surface area contributed by atoms with Gasteiger partial charge in [0.2, 0.25) is 0 Å². The molecule has 18 heavy (non-hydrogen) atoms. The molecule has 0 spiro atoms. The highest BCUT2D eigenvalue weighted by molar-refractivity contribution is 14.1. The molecule has 0 atom stereocenters. The number of carbonyl (C=O) groups is 1. The van der Waals surface area contributed by atoms with Crippen molar-refractivity contribution in [1.82, 2.24) is 5.32 Å². The van der Waals surface area contributed by atoms with E-state index in [1.165, 1.54) is 0 Å². The summed E-state index contributed by atoms with van der Waals surface area (Å²) in [6, 6.07) is 1.68. The molecule has 100 valence electrons. The molecule has 0 aliphatic heterocycles. The number of rotatable bonds is 6. The van der Waals surface area contributed by atoms with Gasteiger partial charge in [0.25, 0.3) is 5.91 Å². The zero-order chi connectivity index (χ0) is 13.5. The van der Waals surface area contributed by atoms with Crippen LogP contribution in [-0.4, -0.2) is 16.9 Å². The van der Waals surface area contributed by atoms with E-state index in [1.807, 2.05) is 0 Å². The smallest absolute Gasteiger partial charge is 0.254 e. The topological polar surface area (TPSA) is 29.1 Å². The van der Waals surface area contributed by atoms with Crippen molar-refractivity contribution in [2.45, 2.75) is 19.3 Å². The Hall–Kier alpha value is -0.790. The SMILES string of the molecule is O=C(NCCCCCI)c1ccc(F)c(F)c1F. The predicted octanol–water partition coefficient (Wildman–Crippen LogP) is 3.44. The van der Waals surface area contributed by atoms with Crippen molar-refractivity contribution in [1.29, 1.82) is 0 Å². The summed E-state index contributed by atoms with van der Waals surface area (Å²) in [6.07, 6.45) is 2.79. The molecule has 1 aromatic carbocycles. The van der Waals surface area contributed by atoms with Crippen molar-refractivity contribution in [3.05, 3.63) is 35.1 Å². The minimum Gasteiger partial charge on any atom is -0.352 e. The normalized spacial score (nSPS) is 10.4. The highest BCUT2D eigenvalue weighted by atomic mass is 127. The van der Waals surface area contributed by atoms with Crippen molar-refractivity contribution in [2.24, 2.45) is 0 Å². The number of hydrogen-bond acceptors (Lipinski definition) is 1. The fourth-order valence-electron chi connectivity index (χ4n) is 1.39. The lowest BCUT2D eigenvalue weighted by Crippen LogP contribution is -2.25. The summed E-state index contributed by atoms with van der Waals surface area (Å²) in [6.45, 7) is 0.397. The third kappa shape index (κ3) is 4.15. The molecule has 0 saturated carbocycles. The van der Waals surface area contributed by atoms with Gasteiger partial charge in [-0.1, -0.05) is 29.0 Å². The monoisotopic (exact) mass is 371 g/mol. The van der Waals surface area contributed by atoms with Crippen LogP contribution in [0.25, 0.3) is 0 Å². The Morgan fingerprint density at radius 1 is 1.11 bits per heavy atom. The first-order valence-electron chi connectivity index (χ1n) is 5.55. The first-order valence-corrected chi connectivity index (χ1v) is 7.08. The van der Waals surface area contributed by atoms with E-state index in [0.29, 0.717) is 6.54 Å². The molecule has 1 amide bonds. The molecule has 1 N–H and O–H groups in total. The first-order chi connectivity index (χ1) is 8.57. The van der Waals surface area contributed by atoms with E-state index in [9.17, 15) is 18.0 Å². The van der Waals surface area contributed by atoms with Crippen molar-refractivity contribution in [3.8, 4) is 0 Å². The van der Waals surface area contributed by atoms with Crippen LogP contribution in [0.3, 0.4) is 0 Å². The maximum atomic E-state index is 13.3. The Kier molecular flexibility index (Phi) is 6.45. The van der Waals surface area contributed by atoms with Crippen LogP contribution in [0.15, 0.2) is 12.1 Å². The quantitative estimate of drug-likeness (QED) is 0.353. The molecule has 0 aliphatic rings. The second-order valence-corrected chi connectivity index (χ2v) is 4.81. The Morgan fingerprint density at radius 3 is 2.50 bits per heavy atom. The molecule has 0 saturated heterocycles. The van der Waals surface area contributed by atoms with Gasteiger partial charge in [0.05, 0.1) is 5.56 Å². The molecule has 0 fully saturated rings. The van der Waals surface area contributed by atoms with E-state index < -0.39 is 28.9 Å². The van der Waals surface area contributed by atoms with Gasteiger partial charge in [-0.3, -0.25) is 4.79 Å². The first kappa shape index (κ1) is 15.3. The Balaban J connectivity index is 2.54. The fourth-order valence-corrected chi connectivity index (χ4v) is 1.93. The average molecular weight is 371 g/mol. The van der Waals surface area contributed by atoms with Gasteiger partial charge in [0.15, 0.2) is 17.5 Å². The number of unbranched alkanes of at least 4 members (excludes halogenated alkanes) is 2. The number of nitrogens with one attached hydrogen (secondary N) is 1. The lowest BCUT2D eigenvalue weighted by Gasteiger charge is -2.06. The number of halogens is 4. The van der Waals surface area contributed by atoms with E-state index in [-0.39, 0.29) is 0 Å². The Morgan fingerprint density at radius 2 is 1.83 bits per heavy atom. The summed E-state index contributed by atoms with van der Waals surface area (Å²) in [5.74, 6) is -5.08. The molecule has 1 rings (SSSR count). The van der Waals surface area contributed by atoms with Crippen molar-refractivity contribution in [3.63, 3.8) is 0 Å². The van der Waals surface area contributed by atoms with E-state index >= 15 is 0 Å². The lowest BCUT2D eigenvalue weighted by atomic mass is 10.1. The molecule has 0 heterocycles. The summed E-state index contributed by atoms with van der Waals surface area (Å²) in [5, 5.41) is 2.47. The molecule has 0 aromatic heterocycles. The van der Waals surface area contributed by atoms with Crippen molar-refractivity contribution in [2.75, 3.05) is 11.0 Å². The Labute approximate surface area is 117 Å². The molecule has 0 radical (unpaired) electrons. The largest absolute Gasteiger partial charge is 0.352 e. The van der Waals surface area contributed by atoms with Gasteiger partial charge >= 0.3 is 0 Å². The highest BCUT2D eigenvalue weighted by Gasteiger charge is 2.18. The van der Waals surface area contributed by atoms with Gasteiger partial charge in [0.1, 0.15) is 0 Å². The predicted molar refractivity (Wildman–Crippen MR) is 71.4 cm³/mol. The van der Waals surface area contributed by atoms with Crippen molar-refractivity contribution >= 4 is 28.5 Å². The Bertz CT molecular complexity index is 426. The van der Waals surface area contributed by atoms with Gasteiger partial charge < -0.3 is 5.32 Å². The van der Waals surface area contributed by atoms with Gasteiger partial charge in [0, 0.05) is 6.54 Å². The molecule has 1 aromatic rings. The summed E-state index contributed by atoms with van der Waals surface area (Å²) < 4.78 is 39.9. The van der Waals surface area contributed by atoms with Crippen LogP contribution in [-0.2, 0) is 0 Å². The molecular formula is C12H13F3INO. The van der Waals surface area contributed by atoms with Crippen LogP contribution < -0.4 is 5.32 Å². The van der Waals surface area contributed by atoms with Gasteiger partial charge in [-0.25, -0.2) is 13.2 Å². The van der Waals surface area contributed by atoms with Crippen LogP contribution in [0.2, 0.25) is 0 Å². The number of hydrogen-bond donors (Lipinski definition) is 1. The molecule has 2 nitrogen and oxygen atoms in total. The third-order valence-corrected chi connectivity index (χ3v) is 3.14. The van der Waals surface area contributed by atoms with Gasteiger partial charge in [-0.05, 0) is 29.4 Å². The molecule has 0 aliphatic carbocycles. The molecule has 0 unspecified atom stereocenters. The van der Waals surface area contributed by atoms with Crippen LogP contribution >= 0.6 is 22.6 Å². The van der Waals surface area contributed by atoms with Crippen LogP contribution in [0, 0.1) is 17.5 Å². The molecule has 0 bridgehead atoms. The fraction of sp³-hybridized carbons (Fsp3) is 0.417. The van der Waals surface area contributed by atoms with Gasteiger partial charge in [-0.2, -0.15) is 0 Å². The molecular weight excluding hydrogens is 358 g/mol. The van der Waals surface area contributed by atoms with Gasteiger partial charge in [-0.15, -0.1) is 0 Å². The number of benzene rings is 1. The lowest BCUT2D eigenvalue weighted by molar-refractivity contribution is 0.0947. The van der Waals surface area contributed by atoms with Crippen LogP contribution in [0.1, 0.15) is 29.6 Å². The second kappa shape index (κ2) is 7.60. The van der Waals surface area contributed by atoms with Crippen molar-refractivity contribution < 1.29 is 18.0 Å². The third-order valence-electron chi connectivity index (χ3n) is 2.38. The van der Waals surface area contributed by atoms with E-state index in [1.54, 1.807) is 0 Å². The maximum Gasteiger partial charge on any atom is 0.254 e. The minimum atomic E-state index is -1.62.